The SMILES string of the molecule is COC(=O)c1cc(Br)ccc1CC(=O)O. The fraction of sp³-hybridized carbons (Fsp3) is 0.200. The van der Waals surface area contributed by atoms with Gasteiger partial charge in [-0.3, -0.25) is 4.79 Å². The first-order chi connectivity index (χ1) is 7.04. The molecule has 0 fully saturated rings. The number of carbonyl (C=O) groups is 2. The van der Waals surface area contributed by atoms with Gasteiger partial charge in [-0.05, 0) is 17.7 Å². The monoisotopic (exact) mass is 272 g/mol. The van der Waals surface area contributed by atoms with Gasteiger partial charge in [-0.1, -0.05) is 22.0 Å². The fourth-order valence-electron chi connectivity index (χ4n) is 1.17. The van der Waals surface area contributed by atoms with Gasteiger partial charge in [-0.25, -0.2) is 4.79 Å². The van der Waals surface area contributed by atoms with Crippen LogP contribution in [0.4, 0.5) is 0 Å². The second-order valence-corrected chi connectivity index (χ2v) is 3.78. The molecule has 0 spiro atoms. The van der Waals surface area contributed by atoms with Crippen LogP contribution < -0.4 is 0 Å². The minimum atomic E-state index is -0.984. The Kier molecular flexibility index (Phi) is 3.85. The first-order valence-electron chi connectivity index (χ1n) is 4.13. The highest BCUT2D eigenvalue weighted by Crippen LogP contribution is 2.18. The van der Waals surface area contributed by atoms with Crippen molar-refractivity contribution < 1.29 is 19.4 Å². The molecular weight excluding hydrogens is 264 g/mol. The Balaban J connectivity index is 3.14. The van der Waals surface area contributed by atoms with Crippen LogP contribution in [-0.2, 0) is 16.0 Å². The maximum atomic E-state index is 11.3. The lowest BCUT2D eigenvalue weighted by Gasteiger charge is -2.06. The Labute approximate surface area is 95.0 Å². The van der Waals surface area contributed by atoms with E-state index in [1.165, 1.54) is 7.11 Å². The summed E-state index contributed by atoms with van der Waals surface area (Å²) in [6.45, 7) is 0. The number of ether oxygens (including phenoxy) is 1. The highest BCUT2D eigenvalue weighted by molar-refractivity contribution is 9.10. The molecule has 0 aromatic heterocycles. The molecular formula is C10H9BrO4. The van der Waals surface area contributed by atoms with Gasteiger partial charge in [-0.15, -0.1) is 0 Å². The summed E-state index contributed by atoms with van der Waals surface area (Å²) >= 11 is 3.20. The number of hydrogen-bond donors (Lipinski definition) is 1. The van der Waals surface area contributed by atoms with Crippen molar-refractivity contribution >= 4 is 27.9 Å². The molecule has 5 heteroatoms. The van der Waals surface area contributed by atoms with E-state index in [0.717, 1.165) is 0 Å². The molecule has 80 valence electrons. The topological polar surface area (TPSA) is 63.6 Å². The van der Waals surface area contributed by atoms with E-state index in [-0.39, 0.29) is 12.0 Å². The third-order valence-electron chi connectivity index (χ3n) is 1.82. The van der Waals surface area contributed by atoms with Gasteiger partial charge in [-0.2, -0.15) is 0 Å². The van der Waals surface area contributed by atoms with Gasteiger partial charge < -0.3 is 9.84 Å². The van der Waals surface area contributed by atoms with E-state index in [1.807, 2.05) is 0 Å². The summed E-state index contributed by atoms with van der Waals surface area (Å²) in [4.78, 5) is 21.9. The molecule has 1 aromatic rings. The lowest BCUT2D eigenvalue weighted by Crippen LogP contribution is -2.09. The number of halogens is 1. The Bertz CT molecular complexity index is 400. The van der Waals surface area contributed by atoms with Crippen LogP contribution >= 0.6 is 15.9 Å². The van der Waals surface area contributed by atoms with Crippen LogP contribution in [0.2, 0.25) is 0 Å². The molecule has 1 aromatic carbocycles. The Morgan fingerprint density at radius 2 is 2.13 bits per heavy atom. The zero-order chi connectivity index (χ0) is 11.4. The highest BCUT2D eigenvalue weighted by Gasteiger charge is 2.14. The number of esters is 1. The van der Waals surface area contributed by atoms with E-state index in [1.54, 1.807) is 18.2 Å². The normalized spacial score (nSPS) is 9.73. The van der Waals surface area contributed by atoms with Crippen molar-refractivity contribution in [2.75, 3.05) is 7.11 Å². The molecule has 0 unspecified atom stereocenters. The number of carboxylic acids is 1. The molecule has 0 aliphatic heterocycles. The number of rotatable bonds is 3. The number of carboxylic acid groups (broad SMARTS) is 1. The molecule has 0 atom stereocenters. The van der Waals surface area contributed by atoms with Crippen LogP contribution in [0.5, 0.6) is 0 Å². The van der Waals surface area contributed by atoms with Gasteiger partial charge in [0, 0.05) is 4.47 Å². The minimum absolute atomic E-state index is 0.197. The average Bonchev–Trinajstić information content (AvgIpc) is 2.19. The standard InChI is InChI=1S/C10H9BrO4/c1-15-10(14)8-5-7(11)3-2-6(8)4-9(12)13/h2-3,5H,4H2,1H3,(H,12,13). The minimum Gasteiger partial charge on any atom is -0.481 e. The van der Waals surface area contributed by atoms with Crippen molar-refractivity contribution in [2.24, 2.45) is 0 Å². The predicted molar refractivity (Wildman–Crippen MR) is 56.8 cm³/mol. The van der Waals surface area contributed by atoms with Crippen LogP contribution in [0.3, 0.4) is 0 Å². The molecule has 0 saturated heterocycles. The van der Waals surface area contributed by atoms with Crippen molar-refractivity contribution in [3.05, 3.63) is 33.8 Å². The maximum Gasteiger partial charge on any atom is 0.338 e. The molecule has 0 aliphatic rings. The predicted octanol–water partition coefficient (Wildman–Crippen LogP) is 1.86. The lowest BCUT2D eigenvalue weighted by molar-refractivity contribution is -0.136. The number of carbonyl (C=O) groups excluding carboxylic acids is 1. The first-order valence-corrected chi connectivity index (χ1v) is 4.92. The van der Waals surface area contributed by atoms with E-state index in [0.29, 0.717) is 10.0 Å². The number of methoxy groups -OCH3 is 1. The van der Waals surface area contributed by atoms with Crippen LogP contribution in [0.1, 0.15) is 15.9 Å². The van der Waals surface area contributed by atoms with Crippen LogP contribution in [-0.4, -0.2) is 24.2 Å². The largest absolute Gasteiger partial charge is 0.481 e. The van der Waals surface area contributed by atoms with E-state index >= 15 is 0 Å². The Morgan fingerprint density at radius 1 is 1.47 bits per heavy atom. The fourth-order valence-corrected chi connectivity index (χ4v) is 1.53. The molecule has 0 aliphatic carbocycles. The highest BCUT2D eigenvalue weighted by atomic mass is 79.9. The summed E-state index contributed by atoms with van der Waals surface area (Å²) in [6, 6.07) is 4.82. The van der Waals surface area contributed by atoms with Crippen molar-refractivity contribution in [3.63, 3.8) is 0 Å². The Morgan fingerprint density at radius 3 is 2.67 bits per heavy atom. The van der Waals surface area contributed by atoms with Gasteiger partial charge in [0.15, 0.2) is 0 Å². The first kappa shape index (κ1) is 11.7. The van der Waals surface area contributed by atoms with Crippen molar-refractivity contribution in [3.8, 4) is 0 Å². The quantitative estimate of drug-likeness (QED) is 0.854. The second kappa shape index (κ2) is 4.93. The second-order valence-electron chi connectivity index (χ2n) is 2.86. The molecule has 0 bridgehead atoms. The van der Waals surface area contributed by atoms with Crippen molar-refractivity contribution in [2.45, 2.75) is 6.42 Å². The summed E-state index contributed by atoms with van der Waals surface area (Å²) in [7, 11) is 1.26. The number of hydrogen-bond acceptors (Lipinski definition) is 3. The van der Waals surface area contributed by atoms with Gasteiger partial charge in [0.05, 0.1) is 19.1 Å². The third-order valence-corrected chi connectivity index (χ3v) is 2.31. The van der Waals surface area contributed by atoms with Crippen molar-refractivity contribution in [1.82, 2.24) is 0 Å². The van der Waals surface area contributed by atoms with Gasteiger partial charge in [0.2, 0.25) is 0 Å². The summed E-state index contributed by atoms with van der Waals surface area (Å²) in [5.41, 5.74) is 0.715. The van der Waals surface area contributed by atoms with Gasteiger partial charge >= 0.3 is 11.9 Å². The summed E-state index contributed by atoms with van der Waals surface area (Å²) in [6.07, 6.45) is -0.197. The third kappa shape index (κ3) is 3.06. The lowest BCUT2D eigenvalue weighted by atomic mass is 10.1. The summed E-state index contributed by atoms with van der Waals surface area (Å²) in [5.74, 6) is -1.52. The van der Waals surface area contributed by atoms with E-state index < -0.39 is 11.9 Å². The van der Waals surface area contributed by atoms with Crippen molar-refractivity contribution in [1.29, 1.82) is 0 Å². The zero-order valence-corrected chi connectivity index (χ0v) is 9.58. The van der Waals surface area contributed by atoms with Crippen LogP contribution in [0.25, 0.3) is 0 Å². The molecule has 0 heterocycles. The van der Waals surface area contributed by atoms with Crippen LogP contribution in [0, 0.1) is 0 Å². The van der Waals surface area contributed by atoms with E-state index in [4.69, 9.17) is 5.11 Å². The van der Waals surface area contributed by atoms with E-state index in [2.05, 4.69) is 20.7 Å². The molecule has 0 amide bonds. The molecule has 0 radical (unpaired) electrons. The molecule has 15 heavy (non-hydrogen) atoms. The number of aliphatic carboxylic acids is 1. The molecule has 4 nitrogen and oxygen atoms in total. The summed E-state index contributed by atoms with van der Waals surface area (Å²) in [5, 5.41) is 8.65. The Hall–Kier alpha value is -1.36. The smallest absolute Gasteiger partial charge is 0.338 e. The average molecular weight is 273 g/mol. The molecule has 1 N–H and O–H groups in total. The molecule has 0 saturated carbocycles. The van der Waals surface area contributed by atoms with Gasteiger partial charge in [0.25, 0.3) is 0 Å². The number of benzene rings is 1. The molecule has 1 rings (SSSR count). The van der Waals surface area contributed by atoms with Crippen LogP contribution in [0.15, 0.2) is 22.7 Å². The maximum absolute atomic E-state index is 11.3. The summed E-state index contributed by atoms with van der Waals surface area (Å²) < 4.78 is 5.27. The van der Waals surface area contributed by atoms with E-state index in [9.17, 15) is 9.59 Å². The van der Waals surface area contributed by atoms with Gasteiger partial charge in [0.1, 0.15) is 0 Å². The zero-order valence-electron chi connectivity index (χ0n) is 7.99.